The SMILES string of the molecule is CCNc1ccc(Oc2ccncc2)cc1. The van der Waals surface area contributed by atoms with Crippen molar-refractivity contribution in [1.82, 2.24) is 4.98 Å². The van der Waals surface area contributed by atoms with Gasteiger partial charge >= 0.3 is 0 Å². The molecule has 3 heteroatoms. The van der Waals surface area contributed by atoms with E-state index in [1.807, 2.05) is 36.4 Å². The summed E-state index contributed by atoms with van der Waals surface area (Å²) in [6.07, 6.45) is 3.42. The average Bonchev–Trinajstić information content (AvgIpc) is 2.33. The number of nitrogens with zero attached hydrogens (tertiary/aromatic N) is 1. The number of rotatable bonds is 4. The topological polar surface area (TPSA) is 34.1 Å². The summed E-state index contributed by atoms with van der Waals surface area (Å²) in [5, 5.41) is 3.23. The van der Waals surface area contributed by atoms with E-state index in [2.05, 4.69) is 17.2 Å². The van der Waals surface area contributed by atoms with Gasteiger partial charge in [0.1, 0.15) is 11.5 Å². The van der Waals surface area contributed by atoms with Crippen LogP contribution in [0.15, 0.2) is 48.8 Å². The van der Waals surface area contributed by atoms with Gasteiger partial charge in [-0.25, -0.2) is 0 Å². The fourth-order valence-corrected chi connectivity index (χ4v) is 1.39. The van der Waals surface area contributed by atoms with Gasteiger partial charge in [0.2, 0.25) is 0 Å². The molecule has 0 aliphatic carbocycles. The van der Waals surface area contributed by atoms with Crippen LogP contribution in [0.1, 0.15) is 6.92 Å². The van der Waals surface area contributed by atoms with Gasteiger partial charge in [0.25, 0.3) is 0 Å². The molecule has 1 heterocycles. The maximum absolute atomic E-state index is 5.64. The molecule has 0 atom stereocenters. The van der Waals surface area contributed by atoms with E-state index < -0.39 is 0 Å². The highest BCUT2D eigenvalue weighted by Gasteiger charge is 1.96. The maximum atomic E-state index is 5.64. The average molecular weight is 214 g/mol. The Balaban J connectivity index is 2.05. The van der Waals surface area contributed by atoms with Gasteiger partial charge in [0.15, 0.2) is 0 Å². The fraction of sp³-hybridized carbons (Fsp3) is 0.154. The van der Waals surface area contributed by atoms with Gasteiger partial charge in [0.05, 0.1) is 0 Å². The lowest BCUT2D eigenvalue weighted by atomic mass is 10.3. The standard InChI is InChI=1S/C13H14N2O/c1-2-15-11-3-5-12(6-4-11)16-13-7-9-14-10-8-13/h3-10,15H,2H2,1H3. The summed E-state index contributed by atoms with van der Waals surface area (Å²) >= 11 is 0. The maximum Gasteiger partial charge on any atom is 0.130 e. The van der Waals surface area contributed by atoms with E-state index in [-0.39, 0.29) is 0 Å². The molecule has 16 heavy (non-hydrogen) atoms. The van der Waals surface area contributed by atoms with Crippen molar-refractivity contribution >= 4 is 5.69 Å². The molecule has 1 aromatic heterocycles. The molecule has 0 saturated carbocycles. The molecule has 2 aromatic rings. The summed E-state index contributed by atoms with van der Waals surface area (Å²) in [5.41, 5.74) is 1.10. The van der Waals surface area contributed by atoms with Crippen LogP contribution in [-0.2, 0) is 0 Å². The minimum absolute atomic E-state index is 0.797. The molecule has 82 valence electrons. The molecule has 2 rings (SSSR count). The number of anilines is 1. The lowest BCUT2D eigenvalue weighted by molar-refractivity contribution is 0.482. The third-order valence-corrected chi connectivity index (χ3v) is 2.12. The van der Waals surface area contributed by atoms with Crippen LogP contribution in [0.25, 0.3) is 0 Å². The van der Waals surface area contributed by atoms with Crippen LogP contribution in [0.2, 0.25) is 0 Å². The van der Waals surface area contributed by atoms with Crippen molar-refractivity contribution in [3.05, 3.63) is 48.8 Å². The summed E-state index contributed by atoms with van der Waals surface area (Å²) in [5.74, 6) is 1.62. The Morgan fingerprint density at radius 2 is 1.62 bits per heavy atom. The van der Waals surface area contributed by atoms with Gasteiger partial charge in [-0.05, 0) is 43.3 Å². The van der Waals surface area contributed by atoms with Crippen LogP contribution in [-0.4, -0.2) is 11.5 Å². The van der Waals surface area contributed by atoms with E-state index in [1.54, 1.807) is 12.4 Å². The first-order valence-electron chi connectivity index (χ1n) is 5.30. The number of aromatic nitrogens is 1. The predicted molar refractivity (Wildman–Crippen MR) is 64.9 cm³/mol. The predicted octanol–water partition coefficient (Wildman–Crippen LogP) is 3.31. The summed E-state index contributed by atoms with van der Waals surface area (Å²) in [6, 6.07) is 11.5. The highest BCUT2D eigenvalue weighted by molar-refractivity contribution is 5.46. The lowest BCUT2D eigenvalue weighted by Gasteiger charge is -2.06. The molecule has 0 aliphatic rings. The number of hydrogen-bond donors (Lipinski definition) is 1. The van der Waals surface area contributed by atoms with Crippen molar-refractivity contribution in [2.75, 3.05) is 11.9 Å². The first-order chi connectivity index (χ1) is 7.88. The minimum atomic E-state index is 0.797. The van der Waals surface area contributed by atoms with Gasteiger partial charge in [-0.3, -0.25) is 4.98 Å². The molecule has 0 bridgehead atoms. The largest absolute Gasteiger partial charge is 0.457 e. The van der Waals surface area contributed by atoms with Gasteiger partial charge < -0.3 is 10.1 Å². The molecule has 0 unspecified atom stereocenters. The molecule has 0 aliphatic heterocycles. The van der Waals surface area contributed by atoms with Gasteiger partial charge in [-0.1, -0.05) is 0 Å². The molecule has 1 N–H and O–H groups in total. The van der Waals surface area contributed by atoms with Crippen LogP contribution in [0.5, 0.6) is 11.5 Å². The fourth-order valence-electron chi connectivity index (χ4n) is 1.39. The zero-order valence-corrected chi connectivity index (χ0v) is 9.18. The lowest BCUT2D eigenvalue weighted by Crippen LogP contribution is -1.95. The second-order valence-corrected chi connectivity index (χ2v) is 3.34. The van der Waals surface area contributed by atoms with Crippen LogP contribution in [0.4, 0.5) is 5.69 Å². The van der Waals surface area contributed by atoms with Crippen molar-refractivity contribution in [1.29, 1.82) is 0 Å². The minimum Gasteiger partial charge on any atom is -0.457 e. The number of benzene rings is 1. The van der Waals surface area contributed by atoms with Crippen molar-refractivity contribution in [3.8, 4) is 11.5 Å². The first-order valence-corrected chi connectivity index (χ1v) is 5.30. The third-order valence-electron chi connectivity index (χ3n) is 2.12. The highest BCUT2D eigenvalue weighted by Crippen LogP contribution is 2.21. The molecule has 0 radical (unpaired) electrons. The number of nitrogens with one attached hydrogen (secondary N) is 1. The van der Waals surface area contributed by atoms with Crippen molar-refractivity contribution in [2.24, 2.45) is 0 Å². The van der Waals surface area contributed by atoms with Crippen LogP contribution < -0.4 is 10.1 Å². The van der Waals surface area contributed by atoms with Crippen LogP contribution >= 0.6 is 0 Å². The normalized spacial score (nSPS) is 9.81. The van der Waals surface area contributed by atoms with Crippen molar-refractivity contribution < 1.29 is 4.74 Å². The van der Waals surface area contributed by atoms with E-state index in [0.29, 0.717) is 0 Å². The second kappa shape index (κ2) is 5.16. The molecular weight excluding hydrogens is 200 g/mol. The summed E-state index contributed by atoms with van der Waals surface area (Å²) in [6.45, 7) is 2.99. The Labute approximate surface area is 95.1 Å². The Morgan fingerprint density at radius 3 is 2.25 bits per heavy atom. The monoisotopic (exact) mass is 214 g/mol. The molecule has 0 spiro atoms. The van der Waals surface area contributed by atoms with Crippen LogP contribution in [0.3, 0.4) is 0 Å². The number of hydrogen-bond acceptors (Lipinski definition) is 3. The van der Waals surface area contributed by atoms with Gasteiger partial charge in [-0.2, -0.15) is 0 Å². The Bertz CT molecular complexity index is 425. The summed E-state index contributed by atoms with van der Waals surface area (Å²) in [7, 11) is 0. The number of pyridine rings is 1. The quantitative estimate of drug-likeness (QED) is 0.847. The number of ether oxygens (including phenoxy) is 1. The van der Waals surface area contributed by atoms with Gasteiger partial charge in [0, 0.05) is 24.6 Å². The van der Waals surface area contributed by atoms with Crippen molar-refractivity contribution in [3.63, 3.8) is 0 Å². The summed E-state index contributed by atoms with van der Waals surface area (Å²) in [4.78, 5) is 3.94. The Hall–Kier alpha value is -2.03. The molecule has 1 aromatic carbocycles. The smallest absolute Gasteiger partial charge is 0.130 e. The van der Waals surface area contributed by atoms with Gasteiger partial charge in [-0.15, -0.1) is 0 Å². The zero-order chi connectivity index (χ0) is 11.2. The third kappa shape index (κ3) is 2.73. The Morgan fingerprint density at radius 1 is 1.00 bits per heavy atom. The Kier molecular flexibility index (Phi) is 3.38. The summed E-state index contributed by atoms with van der Waals surface area (Å²) < 4.78 is 5.64. The molecule has 3 nitrogen and oxygen atoms in total. The van der Waals surface area contributed by atoms with E-state index in [4.69, 9.17) is 4.74 Å². The second-order valence-electron chi connectivity index (χ2n) is 3.34. The molecular formula is C13H14N2O. The van der Waals surface area contributed by atoms with Crippen LogP contribution in [0, 0.1) is 0 Å². The molecule has 0 amide bonds. The van der Waals surface area contributed by atoms with Crippen molar-refractivity contribution in [2.45, 2.75) is 6.92 Å². The highest BCUT2D eigenvalue weighted by atomic mass is 16.5. The molecule has 0 fully saturated rings. The van der Waals surface area contributed by atoms with E-state index in [1.165, 1.54) is 0 Å². The van der Waals surface area contributed by atoms with E-state index >= 15 is 0 Å². The molecule has 0 saturated heterocycles. The van der Waals surface area contributed by atoms with E-state index in [9.17, 15) is 0 Å². The van der Waals surface area contributed by atoms with E-state index in [0.717, 1.165) is 23.7 Å². The zero-order valence-electron chi connectivity index (χ0n) is 9.18. The first kappa shape index (κ1) is 10.5.